The third-order valence-corrected chi connectivity index (χ3v) is 8.11. The van der Waals surface area contributed by atoms with Crippen LogP contribution in [0.4, 0.5) is 0 Å². The SMILES string of the molecule is CC/C=C\C/C=C\C/C=C\C/C=C\CCCCCCCCC(=O)OC(COC(=O)CCCCCC)COP(=O)(O)OCC[N+](C)(C)C. The molecule has 0 aromatic rings. The summed E-state index contributed by atoms with van der Waals surface area (Å²) in [6.07, 6.45) is 32.2. The Morgan fingerprint density at radius 3 is 1.81 bits per heavy atom. The summed E-state index contributed by atoms with van der Waals surface area (Å²) in [7, 11) is 1.45. The minimum absolute atomic E-state index is 0.0267. The van der Waals surface area contributed by atoms with Gasteiger partial charge in [-0.1, -0.05) is 107 Å². The van der Waals surface area contributed by atoms with Gasteiger partial charge in [0.2, 0.25) is 0 Å². The molecule has 1 N–H and O–H groups in total. The number of hydrogen-bond donors (Lipinski definition) is 1. The quantitative estimate of drug-likeness (QED) is 0.0253. The molecule has 0 radical (unpaired) electrons. The highest BCUT2D eigenvalue weighted by molar-refractivity contribution is 7.47. The highest BCUT2D eigenvalue weighted by Gasteiger charge is 2.27. The Morgan fingerprint density at radius 1 is 0.681 bits per heavy atom. The van der Waals surface area contributed by atoms with Crippen molar-refractivity contribution < 1.29 is 42.1 Å². The maximum Gasteiger partial charge on any atom is 0.472 e. The van der Waals surface area contributed by atoms with Crippen LogP contribution in [-0.2, 0) is 32.7 Å². The standard InChI is InChI=1S/C37H66NO8P/c1-6-8-10-12-13-14-15-16-17-18-19-20-21-22-23-24-25-26-28-30-37(40)46-35(33-43-36(39)29-27-11-9-7-2)34-45-47(41,42)44-32-31-38(3,4)5/h8,10,13-14,16-17,19-20,35H,6-7,9,11-12,15,18,21-34H2,1-5H3/p+1/b10-8-,14-13-,17-16-,20-19-. The van der Waals surface area contributed by atoms with Crippen LogP contribution in [0.2, 0.25) is 0 Å². The molecule has 47 heavy (non-hydrogen) atoms. The number of carbonyl (C=O) groups is 2. The van der Waals surface area contributed by atoms with Crippen molar-refractivity contribution in [3.05, 3.63) is 48.6 Å². The van der Waals surface area contributed by atoms with Gasteiger partial charge in [0, 0.05) is 12.8 Å². The molecule has 0 saturated carbocycles. The smallest absolute Gasteiger partial charge is 0.462 e. The van der Waals surface area contributed by atoms with Crippen LogP contribution in [0.3, 0.4) is 0 Å². The topological polar surface area (TPSA) is 108 Å². The molecule has 0 saturated heterocycles. The molecule has 9 nitrogen and oxygen atoms in total. The number of phosphoric acid groups is 1. The first kappa shape index (κ1) is 45.0. The Hall–Kier alpha value is -2.03. The molecule has 10 heteroatoms. The minimum atomic E-state index is -4.36. The van der Waals surface area contributed by atoms with E-state index in [1.54, 1.807) is 0 Å². The van der Waals surface area contributed by atoms with E-state index in [9.17, 15) is 19.0 Å². The van der Waals surface area contributed by atoms with Gasteiger partial charge >= 0.3 is 19.8 Å². The third-order valence-electron chi connectivity index (χ3n) is 7.12. The number of quaternary nitrogens is 1. The molecular weight excluding hydrogens is 617 g/mol. The number of unbranched alkanes of at least 4 members (excludes halogenated alkanes) is 9. The Morgan fingerprint density at radius 2 is 1.21 bits per heavy atom. The molecule has 0 spiro atoms. The molecule has 0 aliphatic rings. The van der Waals surface area contributed by atoms with Crippen molar-refractivity contribution >= 4 is 19.8 Å². The van der Waals surface area contributed by atoms with Gasteiger partial charge < -0.3 is 18.9 Å². The van der Waals surface area contributed by atoms with Crippen molar-refractivity contribution in [3.8, 4) is 0 Å². The molecule has 0 bridgehead atoms. The van der Waals surface area contributed by atoms with E-state index in [1.165, 1.54) is 0 Å². The molecule has 0 fully saturated rings. The maximum atomic E-state index is 12.5. The molecule has 2 atom stereocenters. The monoisotopic (exact) mass is 684 g/mol. The zero-order chi connectivity index (χ0) is 35.1. The second-order valence-electron chi connectivity index (χ2n) is 12.9. The summed E-state index contributed by atoms with van der Waals surface area (Å²) in [6, 6.07) is 0. The fraction of sp³-hybridized carbons (Fsp3) is 0.730. The van der Waals surface area contributed by atoms with Crippen LogP contribution in [0.5, 0.6) is 0 Å². The van der Waals surface area contributed by atoms with Crippen LogP contribution in [0.25, 0.3) is 0 Å². The van der Waals surface area contributed by atoms with Gasteiger partial charge in [0.1, 0.15) is 19.8 Å². The van der Waals surface area contributed by atoms with Gasteiger partial charge in [-0.2, -0.15) is 0 Å². The van der Waals surface area contributed by atoms with Gasteiger partial charge in [0.25, 0.3) is 0 Å². The molecule has 0 heterocycles. The number of hydrogen-bond acceptors (Lipinski definition) is 7. The average Bonchev–Trinajstić information content (AvgIpc) is 3.01. The van der Waals surface area contributed by atoms with Crippen molar-refractivity contribution in [3.63, 3.8) is 0 Å². The summed E-state index contributed by atoms with van der Waals surface area (Å²) in [6.45, 7) is 4.12. The Balaban J connectivity index is 4.30. The Bertz CT molecular complexity index is 954. The van der Waals surface area contributed by atoms with Crippen molar-refractivity contribution in [2.75, 3.05) is 47.5 Å². The molecule has 0 aromatic heterocycles. The number of carbonyl (C=O) groups excluding carboxylic acids is 2. The second-order valence-corrected chi connectivity index (χ2v) is 14.3. The zero-order valence-corrected chi connectivity index (χ0v) is 31.1. The normalized spacial score (nSPS) is 14.4. The summed E-state index contributed by atoms with van der Waals surface area (Å²) in [5, 5.41) is 0. The molecule has 0 aliphatic carbocycles. The minimum Gasteiger partial charge on any atom is -0.462 e. The molecular formula is C37H67NO8P+. The van der Waals surface area contributed by atoms with Crippen LogP contribution >= 0.6 is 7.82 Å². The molecule has 272 valence electrons. The first-order valence-electron chi connectivity index (χ1n) is 17.9. The van der Waals surface area contributed by atoms with Crippen LogP contribution in [0.1, 0.15) is 123 Å². The largest absolute Gasteiger partial charge is 0.472 e. The first-order chi connectivity index (χ1) is 22.5. The van der Waals surface area contributed by atoms with Gasteiger partial charge in [-0.25, -0.2) is 4.57 Å². The van der Waals surface area contributed by atoms with Gasteiger partial charge in [0.15, 0.2) is 6.10 Å². The summed E-state index contributed by atoms with van der Waals surface area (Å²) >= 11 is 0. The van der Waals surface area contributed by atoms with Crippen LogP contribution < -0.4 is 0 Å². The van der Waals surface area contributed by atoms with E-state index < -0.39 is 32.5 Å². The Kier molecular flexibility index (Phi) is 28.8. The van der Waals surface area contributed by atoms with Crippen molar-refractivity contribution in [1.29, 1.82) is 0 Å². The van der Waals surface area contributed by atoms with E-state index in [0.717, 1.165) is 89.9 Å². The van der Waals surface area contributed by atoms with Gasteiger partial charge in [-0.15, -0.1) is 0 Å². The van der Waals surface area contributed by atoms with E-state index in [1.807, 2.05) is 21.1 Å². The number of nitrogens with zero attached hydrogens (tertiary/aromatic N) is 1. The van der Waals surface area contributed by atoms with E-state index >= 15 is 0 Å². The predicted molar refractivity (Wildman–Crippen MR) is 192 cm³/mol. The van der Waals surface area contributed by atoms with Crippen molar-refractivity contribution in [1.82, 2.24) is 0 Å². The number of phosphoric ester groups is 1. The molecule has 2 unspecified atom stereocenters. The first-order valence-corrected chi connectivity index (χ1v) is 19.4. The van der Waals surface area contributed by atoms with Crippen LogP contribution in [0.15, 0.2) is 48.6 Å². The van der Waals surface area contributed by atoms with E-state index in [2.05, 4.69) is 62.5 Å². The number of allylic oxidation sites excluding steroid dienone is 8. The lowest BCUT2D eigenvalue weighted by atomic mass is 10.1. The zero-order valence-electron chi connectivity index (χ0n) is 30.2. The van der Waals surface area contributed by atoms with Crippen molar-refractivity contribution in [2.45, 2.75) is 129 Å². The van der Waals surface area contributed by atoms with E-state index in [4.69, 9.17) is 18.5 Å². The van der Waals surface area contributed by atoms with E-state index in [0.29, 0.717) is 17.4 Å². The maximum absolute atomic E-state index is 12.5. The molecule has 0 aromatic carbocycles. The number of esters is 2. The van der Waals surface area contributed by atoms with Gasteiger partial charge in [-0.3, -0.25) is 18.6 Å². The highest BCUT2D eigenvalue weighted by Crippen LogP contribution is 2.43. The summed E-state index contributed by atoms with van der Waals surface area (Å²) < 4.78 is 33.8. The summed E-state index contributed by atoms with van der Waals surface area (Å²) in [5.74, 6) is -0.842. The van der Waals surface area contributed by atoms with Gasteiger partial charge in [-0.05, 0) is 51.4 Å². The number of likely N-dealkylation sites (N-methyl/N-ethyl adjacent to an activating group) is 1. The predicted octanol–water partition coefficient (Wildman–Crippen LogP) is 9.18. The average molecular weight is 685 g/mol. The lowest BCUT2D eigenvalue weighted by Crippen LogP contribution is -2.37. The molecule has 0 aliphatic heterocycles. The van der Waals surface area contributed by atoms with Crippen molar-refractivity contribution in [2.24, 2.45) is 0 Å². The van der Waals surface area contributed by atoms with Gasteiger partial charge in [0.05, 0.1) is 27.7 Å². The highest BCUT2D eigenvalue weighted by atomic mass is 31.2. The third kappa shape index (κ3) is 33.7. The van der Waals surface area contributed by atoms with E-state index in [-0.39, 0.29) is 26.1 Å². The van der Waals surface area contributed by atoms with Crippen LogP contribution in [-0.4, -0.2) is 74.9 Å². The second kappa shape index (κ2) is 30.1. The fourth-order valence-corrected chi connectivity index (χ4v) is 5.04. The summed E-state index contributed by atoms with van der Waals surface area (Å²) in [4.78, 5) is 34.7. The number of rotatable bonds is 31. The fourth-order valence-electron chi connectivity index (χ4n) is 4.30. The lowest BCUT2D eigenvalue weighted by Gasteiger charge is -2.24. The summed E-state index contributed by atoms with van der Waals surface area (Å²) in [5.41, 5.74) is 0. The molecule has 0 rings (SSSR count). The number of ether oxygens (including phenoxy) is 2. The molecule has 0 amide bonds. The van der Waals surface area contributed by atoms with Crippen LogP contribution in [0, 0.1) is 0 Å². The Labute approximate surface area is 286 Å². The lowest BCUT2D eigenvalue weighted by molar-refractivity contribution is -0.870.